The Morgan fingerprint density at radius 1 is 1.33 bits per heavy atom. The van der Waals surface area contributed by atoms with Crippen LogP contribution in [-0.4, -0.2) is 4.98 Å². The van der Waals surface area contributed by atoms with Crippen molar-refractivity contribution in [3.63, 3.8) is 0 Å². The van der Waals surface area contributed by atoms with Crippen LogP contribution in [0.2, 0.25) is 0 Å². The highest BCUT2D eigenvalue weighted by Crippen LogP contribution is 2.19. The quantitative estimate of drug-likeness (QED) is 0.864. The minimum absolute atomic E-state index is 0.452. The van der Waals surface area contributed by atoms with Gasteiger partial charge in [0.15, 0.2) is 0 Å². The Hall–Kier alpha value is -1.61. The van der Waals surface area contributed by atoms with E-state index in [-0.39, 0.29) is 0 Å². The maximum Gasteiger partial charge on any atom is 0.140 e. The van der Waals surface area contributed by atoms with Gasteiger partial charge in [0.25, 0.3) is 0 Å². The molecule has 3 nitrogen and oxygen atoms in total. The maximum absolute atomic E-state index is 8.79. The second kappa shape index (κ2) is 5.83. The van der Waals surface area contributed by atoms with E-state index in [0.29, 0.717) is 12.2 Å². The molecule has 2 aromatic rings. The molecule has 4 heteroatoms. The lowest BCUT2D eigenvalue weighted by atomic mass is 10.2. The number of hydrogen-bond acceptors (Lipinski definition) is 3. The number of nitrogens with zero attached hydrogens (tertiary/aromatic N) is 2. The molecule has 0 spiro atoms. The molecule has 0 fully saturated rings. The average molecular weight is 349 g/mol. The summed E-state index contributed by atoms with van der Waals surface area (Å²) in [4.78, 5) is 3.95. The predicted octanol–water partition coefficient (Wildman–Crippen LogP) is 3.48. The van der Waals surface area contributed by atoms with Gasteiger partial charge >= 0.3 is 0 Å². The Morgan fingerprint density at radius 2 is 2.17 bits per heavy atom. The van der Waals surface area contributed by atoms with Gasteiger partial charge in [-0.1, -0.05) is 6.07 Å². The third-order valence-corrected chi connectivity index (χ3v) is 3.29. The SMILES string of the molecule is Cc1ccc(I)cc1NCc1ccnc(C#N)c1. The molecule has 0 bridgehead atoms. The molecule has 0 aliphatic rings. The molecule has 0 amide bonds. The van der Waals surface area contributed by atoms with Crippen molar-refractivity contribution in [1.82, 2.24) is 4.98 Å². The lowest BCUT2D eigenvalue weighted by Crippen LogP contribution is -2.02. The first kappa shape index (κ1) is 12.8. The van der Waals surface area contributed by atoms with E-state index in [1.54, 1.807) is 12.3 Å². The molecule has 0 aliphatic carbocycles. The third-order valence-electron chi connectivity index (χ3n) is 2.62. The average Bonchev–Trinajstić information content (AvgIpc) is 2.40. The summed E-state index contributed by atoms with van der Waals surface area (Å²) in [6.45, 7) is 2.77. The minimum atomic E-state index is 0.452. The summed E-state index contributed by atoms with van der Waals surface area (Å²) in [7, 11) is 0. The fourth-order valence-electron chi connectivity index (χ4n) is 1.63. The van der Waals surface area contributed by atoms with Gasteiger partial charge in [-0.15, -0.1) is 0 Å². The summed E-state index contributed by atoms with van der Waals surface area (Å²) in [6, 6.07) is 12.1. The van der Waals surface area contributed by atoms with Crippen LogP contribution in [0.4, 0.5) is 5.69 Å². The first-order chi connectivity index (χ1) is 8.69. The molecular weight excluding hydrogens is 337 g/mol. The van der Waals surface area contributed by atoms with E-state index in [0.717, 1.165) is 11.3 Å². The number of nitrogens with one attached hydrogen (secondary N) is 1. The Bertz CT molecular complexity index is 602. The van der Waals surface area contributed by atoms with Crippen molar-refractivity contribution in [2.75, 3.05) is 5.32 Å². The molecular formula is C14H12IN3. The number of aromatic nitrogens is 1. The Kier molecular flexibility index (Phi) is 4.15. The van der Waals surface area contributed by atoms with Gasteiger partial charge in [0.2, 0.25) is 0 Å². The highest BCUT2D eigenvalue weighted by molar-refractivity contribution is 14.1. The smallest absolute Gasteiger partial charge is 0.140 e. The standard InChI is InChI=1S/C14H12IN3/c1-10-2-3-12(15)7-14(10)18-9-11-4-5-17-13(6-11)8-16/h2-7,18H,9H2,1H3. The normalized spacial score (nSPS) is 9.83. The summed E-state index contributed by atoms with van der Waals surface area (Å²) >= 11 is 2.29. The van der Waals surface area contributed by atoms with E-state index < -0.39 is 0 Å². The van der Waals surface area contributed by atoms with Gasteiger partial charge in [0, 0.05) is 22.0 Å². The molecule has 0 saturated heterocycles. The van der Waals surface area contributed by atoms with Gasteiger partial charge in [-0.05, 0) is 64.9 Å². The molecule has 18 heavy (non-hydrogen) atoms. The van der Waals surface area contributed by atoms with E-state index in [4.69, 9.17) is 5.26 Å². The summed E-state index contributed by atoms with van der Waals surface area (Å²) in [5, 5.41) is 12.2. The van der Waals surface area contributed by atoms with E-state index in [9.17, 15) is 0 Å². The molecule has 0 aliphatic heterocycles. The molecule has 2 rings (SSSR count). The molecule has 0 saturated carbocycles. The number of nitriles is 1. The maximum atomic E-state index is 8.79. The van der Waals surface area contributed by atoms with Crippen LogP contribution in [0.5, 0.6) is 0 Å². The number of aryl methyl sites for hydroxylation is 1. The zero-order valence-electron chi connectivity index (χ0n) is 9.94. The molecule has 1 N–H and O–H groups in total. The molecule has 0 radical (unpaired) electrons. The summed E-state index contributed by atoms with van der Waals surface area (Å²) in [5.41, 5.74) is 3.84. The molecule has 0 unspecified atom stereocenters. The number of hydrogen-bond donors (Lipinski definition) is 1. The van der Waals surface area contributed by atoms with Gasteiger partial charge < -0.3 is 5.32 Å². The number of benzene rings is 1. The van der Waals surface area contributed by atoms with Crippen molar-refractivity contribution >= 4 is 28.3 Å². The van der Waals surface area contributed by atoms with Crippen molar-refractivity contribution in [2.45, 2.75) is 13.5 Å². The van der Waals surface area contributed by atoms with Crippen LogP contribution in [0.1, 0.15) is 16.8 Å². The zero-order chi connectivity index (χ0) is 13.0. The van der Waals surface area contributed by atoms with Crippen molar-refractivity contribution in [3.05, 3.63) is 56.9 Å². The fraction of sp³-hybridized carbons (Fsp3) is 0.143. The van der Waals surface area contributed by atoms with Gasteiger partial charge in [-0.2, -0.15) is 5.26 Å². The summed E-state index contributed by atoms with van der Waals surface area (Å²) < 4.78 is 1.20. The van der Waals surface area contributed by atoms with E-state index in [1.165, 1.54) is 9.13 Å². The first-order valence-corrected chi connectivity index (χ1v) is 6.62. The lowest BCUT2D eigenvalue weighted by Gasteiger charge is -2.10. The highest BCUT2D eigenvalue weighted by Gasteiger charge is 2.00. The number of anilines is 1. The largest absolute Gasteiger partial charge is 0.381 e. The monoisotopic (exact) mass is 349 g/mol. The van der Waals surface area contributed by atoms with Gasteiger partial charge in [-0.3, -0.25) is 0 Å². The Balaban J connectivity index is 2.11. The van der Waals surface area contributed by atoms with Gasteiger partial charge in [0.05, 0.1) is 0 Å². The number of rotatable bonds is 3. The minimum Gasteiger partial charge on any atom is -0.381 e. The first-order valence-electron chi connectivity index (χ1n) is 5.54. The van der Waals surface area contributed by atoms with E-state index in [1.807, 2.05) is 12.1 Å². The van der Waals surface area contributed by atoms with E-state index >= 15 is 0 Å². The molecule has 1 heterocycles. The van der Waals surface area contributed by atoms with Crippen LogP contribution >= 0.6 is 22.6 Å². The van der Waals surface area contributed by atoms with Gasteiger partial charge in [-0.25, -0.2) is 4.98 Å². The highest BCUT2D eigenvalue weighted by atomic mass is 127. The molecule has 0 atom stereocenters. The van der Waals surface area contributed by atoms with Crippen molar-refractivity contribution in [3.8, 4) is 6.07 Å². The predicted molar refractivity (Wildman–Crippen MR) is 80.2 cm³/mol. The second-order valence-corrected chi connectivity index (χ2v) is 5.22. The number of pyridine rings is 1. The van der Waals surface area contributed by atoms with Crippen molar-refractivity contribution < 1.29 is 0 Å². The van der Waals surface area contributed by atoms with Crippen LogP contribution in [0.15, 0.2) is 36.5 Å². The Labute approximate surface area is 120 Å². The van der Waals surface area contributed by atoms with Crippen LogP contribution < -0.4 is 5.32 Å². The number of halogens is 1. The Morgan fingerprint density at radius 3 is 2.94 bits per heavy atom. The van der Waals surface area contributed by atoms with Crippen LogP contribution in [0.3, 0.4) is 0 Å². The molecule has 1 aromatic carbocycles. The second-order valence-electron chi connectivity index (χ2n) is 3.97. The summed E-state index contributed by atoms with van der Waals surface area (Å²) in [6.07, 6.45) is 1.66. The van der Waals surface area contributed by atoms with E-state index in [2.05, 4.69) is 58.0 Å². The van der Waals surface area contributed by atoms with Crippen LogP contribution in [0.25, 0.3) is 0 Å². The molecule has 1 aromatic heterocycles. The van der Waals surface area contributed by atoms with Crippen LogP contribution in [-0.2, 0) is 6.54 Å². The topological polar surface area (TPSA) is 48.7 Å². The summed E-state index contributed by atoms with van der Waals surface area (Å²) in [5.74, 6) is 0. The fourth-order valence-corrected chi connectivity index (χ4v) is 2.12. The van der Waals surface area contributed by atoms with Crippen molar-refractivity contribution in [2.24, 2.45) is 0 Å². The lowest BCUT2D eigenvalue weighted by molar-refractivity contribution is 1.11. The molecule has 90 valence electrons. The van der Waals surface area contributed by atoms with Crippen LogP contribution in [0, 0.1) is 21.8 Å². The third kappa shape index (κ3) is 3.20. The van der Waals surface area contributed by atoms with Gasteiger partial charge in [0.1, 0.15) is 11.8 Å². The zero-order valence-corrected chi connectivity index (χ0v) is 12.1. The van der Waals surface area contributed by atoms with Crippen molar-refractivity contribution in [1.29, 1.82) is 5.26 Å².